The van der Waals surface area contributed by atoms with E-state index in [2.05, 4.69) is 22.6 Å². The number of nitrogens with zero attached hydrogens (tertiary/aromatic N) is 1. The van der Waals surface area contributed by atoms with E-state index in [0.29, 0.717) is 0 Å². The summed E-state index contributed by atoms with van der Waals surface area (Å²) in [6.45, 7) is 4.05. The SMILES string of the molecule is CNc1ccc(C(=O)NC2CCCN(C)C2)c(C)c1. The normalized spacial score (nSPS) is 20.1. The highest BCUT2D eigenvalue weighted by atomic mass is 16.1. The molecule has 2 N–H and O–H groups in total. The average Bonchev–Trinajstić information content (AvgIpc) is 2.38. The third-order valence-corrected chi connectivity index (χ3v) is 3.72. The highest BCUT2D eigenvalue weighted by molar-refractivity contribution is 5.96. The lowest BCUT2D eigenvalue weighted by Crippen LogP contribution is -2.46. The summed E-state index contributed by atoms with van der Waals surface area (Å²) in [5, 5.41) is 6.23. The van der Waals surface area contributed by atoms with Crippen LogP contribution in [0.25, 0.3) is 0 Å². The quantitative estimate of drug-likeness (QED) is 0.873. The van der Waals surface area contributed by atoms with Crippen LogP contribution in [0, 0.1) is 6.92 Å². The van der Waals surface area contributed by atoms with Crippen molar-refractivity contribution in [3.05, 3.63) is 29.3 Å². The maximum atomic E-state index is 12.3. The predicted molar refractivity (Wildman–Crippen MR) is 78.7 cm³/mol. The monoisotopic (exact) mass is 261 g/mol. The summed E-state index contributed by atoms with van der Waals surface area (Å²) in [6, 6.07) is 6.11. The molecule has 0 bridgehead atoms. The molecule has 0 saturated carbocycles. The van der Waals surface area contributed by atoms with Crippen molar-refractivity contribution in [3.63, 3.8) is 0 Å². The summed E-state index contributed by atoms with van der Waals surface area (Å²) in [5.41, 5.74) is 2.81. The molecule has 1 atom stereocenters. The van der Waals surface area contributed by atoms with Gasteiger partial charge in [-0.25, -0.2) is 0 Å². The zero-order chi connectivity index (χ0) is 13.8. The van der Waals surface area contributed by atoms with E-state index >= 15 is 0 Å². The molecule has 1 heterocycles. The van der Waals surface area contributed by atoms with Crippen molar-refractivity contribution in [1.82, 2.24) is 10.2 Å². The maximum absolute atomic E-state index is 12.3. The summed E-state index contributed by atoms with van der Waals surface area (Å²) in [7, 11) is 3.98. The van der Waals surface area contributed by atoms with E-state index < -0.39 is 0 Å². The molecular weight excluding hydrogens is 238 g/mol. The summed E-state index contributed by atoms with van der Waals surface area (Å²) in [6.07, 6.45) is 2.23. The van der Waals surface area contributed by atoms with Gasteiger partial charge in [0.2, 0.25) is 0 Å². The molecule has 0 aromatic heterocycles. The zero-order valence-electron chi connectivity index (χ0n) is 12.0. The lowest BCUT2D eigenvalue weighted by Gasteiger charge is -2.30. The number of likely N-dealkylation sites (tertiary alicyclic amines) is 1. The van der Waals surface area contributed by atoms with Crippen LogP contribution in [0.5, 0.6) is 0 Å². The van der Waals surface area contributed by atoms with E-state index in [0.717, 1.165) is 42.7 Å². The number of hydrogen-bond donors (Lipinski definition) is 2. The van der Waals surface area contributed by atoms with E-state index in [9.17, 15) is 4.79 Å². The van der Waals surface area contributed by atoms with Crippen LogP contribution >= 0.6 is 0 Å². The number of benzene rings is 1. The molecule has 0 aliphatic carbocycles. The lowest BCUT2D eigenvalue weighted by molar-refractivity contribution is 0.0912. The molecule has 2 rings (SSSR count). The second-order valence-electron chi connectivity index (χ2n) is 5.35. The van der Waals surface area contributed by atoms with Gasteiger partial charge in [0.05, 0.1) is 0 Å². The van der Waals surface area contributed by atoms with Gasteiger partial charge in [-0.3, -0.25) is 4.79 Å². The van der Waals surface area contributed by atoms with Gasteiger partial charge >= 0.3 is 0 Å². The number of piperidine rings is 1. The largest absolute Gasteiger partial charge is 0.388 e. The molecule has 4 nitrogen and oxygen atoms in total. The van der Waals surface area contributed by atoms with Gasteiger partial charge in [0.1, 0.15) is 0 Å². The first kappa shape index (κ1) is 13.9. The van der Waals surface area contributed by atoms with Crippen molar-refractivity contribution in [1.29, 1.82) is 0 Å². The molecule has 4 heteroatoms. The van der Waals surface area contributed by atoms with Gasteiger partial charge in [-0.1, -0.05) is 0 Å². The molecule has 1 aromatic carbocycles. The highest BCUT2D eigenvalue weighted by Gasteiger charge is 2.20. The van der Waals surface area contributed by atoms with E-state index in [4.69, 9.17) is 0 Å². The van der Waals surface area contributed by atoms with Crippen molar-refractivity contribution >= 4 is 11.6 Å². The van der Waals surface area contributed by atoms with Gasteiger partial charge < -0.3 is 15.5 Å². The second kappa shape index (κ2) is 6.06. The molecular formula is C15H23N3O. The van der Waals surface area contributed by atoms with E-state index in [-0.39, 0.29) is 11.9 Å². The van der Waals surface area contributed by atoms with Gasteiger partial charge in [-0.05, 0) is 57.1 Å². The number of aryl methyl sites for hydroxylation is 1. The third-order valence-electron chi connectivity index (χ3n) is 3.72. The van der Waals surface area contributed by atoms with E-state index in [1.165, 1.54) is 0 Å². The van der Waals surface area contributed by atoms with Crippen molar-refractivity contribution in [2.75, 3.05) is 32.5 Å². The number of amides is 1. The van der Waals surface area contributed by atoms with Crippen molar-refractivity contribution in [2.45, 2.75) is 25.8 Å². The van der Waals surface area contributed by atoms with Gasteiger partial charge in [0.15, 0.2) is 0 Å². The number of carbonyl (C=O) groups is 1. The molecule has 1 aliphatic heterocycles. The number of carbonyl (C=O) groups excluding carboxylic acids is 1. The summed E-state index contributed by atoms with van der Waals surface area (Å²) in [4.78, 5) is 14.6. The third kappa shape index (κ3) is 3.47. The first-order valence-corrected chi connectivity index (χ1v) is 6.88. The Kier molecular flexibility index (Phi) is 4.43. The van der Waals surface area contributed by atoms with Gasteiger partial charge in [0.25, 0.3) is 5.91 Å². The molecule has 19 heavy (non-hydrogen) atoms. The van der Waals surface area contributed by atoms with Gasteiger partial charge in [-0.2, -0.15) is 0 Å². The number of rotatable bonds is 3. The number of likely N-dealkylation sites (N-methyl/N-ethyl adjacent to an activating group) is 1. The number of nitrogens with one attached hydrogen (secondary N) is 2. The average molecular weight is 261 g/mol. The maximum Gasteiger partial charge on any atom is 0.251 e. The zero-order valence-corrected chi connectivity index (χ0v) is 12.0. The van der Waals surface area contributed by atoms with Crippen molar-refractivity contribution < 1.29 is 4.79 Å². The van der Waals surface area contributed by atoms with Gasteiger partial charge in [0, 0.05) is 30.9 Å². The van der Waals surface area contributed by atoms with Crippen LogP contribution in [-0.4, -0.2) is 44.0 Å². The predicted octanol–water partition coefficient (Wildman–Crippen LogP) is 1.86. The van der Waals surface area contributed by atoms with E-state index in [1.807, 2.05) is 32.2 Å². The van der Waals surface area contributed by atoms with E-state index in [1.54, 1.807) is 0 Å². The summed E-state index contributed by atoms with van der Waals surface area (Å²) in [5.74, 6) is 0.0421. The topological polar surface area (TPSA) is 44.4 Å². The van der Waals surface area contributed by atoms with Crippen LogP contribution < -0.4 is 10.6 Å². The molecule has 0 spiro atoms. The lowest BCUT2D eigenvalue weighted by atomic mass is 10.0. The van der Waals surface area contributed by atoms with Crippen LogP contribution in [0.4, 0.5) is 5.69 Å². The molecule has 1 saturated heterocycles. The fourth-order valence-electron chi connectivity index (χ4n) is 2.62. The standard InChI is InChI=1S/C15H23N3O/c1-11-9-12(16-2)6-7-14(11)15(19)17-13-5-4-8-18(3)10-13/h6-7,9,13,16H,4-5,8,10H2,1-3H3,(H,17,19). The number of hydrogen-bond acceptors (Lipinski definition) is 3. The second-order valence-corrected chi connectivity index (χ2v) is 5.35. The first-order valence-electron chi connectivity index (χ1n) is 6.88. The Morgan fingerprint density at radius 3 is 2.84 bits per heavy atom. The Hall–Kier alpha value is -1.55. The van der Waals surface area contributed by atoms with Crippen LogP contribution in [0.2, 0.25) is 0 Å². The molecule has 104 valence electrons. The molecule has 0 radical (unpaired) electrons. The smallest absolute Gasteiger partial charge is 0.251 e. The minimum absolute atomic E-state index is 0.0421. The summed E-state index contributed by atoms with van der Waals surface area (Å²) >= 11 is 0. The first-order chi connectivity index (χ1) is 9.10. The Morgan fingerprint density at radius 1 is 1.42 bits per heavy atom. The molecule has 1 aliphatic rings. The van der Waals surface area contributed by atoms with Crippen LogP contribution in [0.15, 0.2) is 18.2 Å². The highest BCUT2D eigenvalue weighted by Crippen LogP contribution is 2.16. The molecule has 1 unspecified atom stereocenters. The fraction of sp³-hybridized carbons (Fsp3) is 0.533. The minimum Gasteiger partial charge on any atom is -0.388 e. The van der Waals surface area contributed by atoms with Crippen molar-refractivity contribution in [2.24, 2.45) is 0 Å². The Morgan fingerprint density at radius 2 is 2.21 bits per heavy atom. The summed E-state index contributed by atoms with van der Waals surface area (Å²) < 4.78 is 0. The molecule has 1 aromatic rings. The Bertz CT molecular complexity index is 459. The Balaban J connectivity index is 2.03. The molecule has 1 amide bonds. The van der Waals surface area contributed by atoms with Crippen LogP contribution in [0.3, 0.4) is 0 Å². The van der Waals surface area contributed by atoms with Crippen molar-refractivity contribution in [3.8, 4) is 0 Å². The Labute approximate surface area is 115 Å². The number of anilines is 1. The fourth-order valence-corrected chi connectivity index (χ4v) is 2.62. The minimum atomic E-state index is 0.0421. The van der Waals surface area contributed by atoms with Gasteiger partial charge in [-0.15, -0.1) is 0 Å². The van der Waals surface area contributed by atoms with Crippen LogP contribution in [0.1, 0.15) is 28.8 Å². The van der Waals surface area contributed by atoms with Crippen LogP contribution in [-0.2, 0) is 0 Å². The molecule has 1 fully saturated rings.